The van der Waals surface area contributed by atoms with E-state index < -0.39 is 12.2 Å². The summed E-state index contributed by atoms with van der Waals surface area (Å²) < 4.78 is 0. The number of aliphatic hydroxyl groups is 2. The lowest BCUT2D eigenvalue weighted by atomic mass is 9.88. The summed E-state index contributed by atoms with van der Waals surface area (Å²) in [6, 6.07) is 20.5. The van der Waals surface area contributed by atoms with Gasteiger partial charge in [0.25, 0.3) is 0 Å². The Kier molecular flexibility index (Phi) is 8.11. The molecule has 1 heterocycles. The van der Waals surface area contributed by atoms with E-state index in [1.807, 2.05) is 60.7 Å². The summed E-state index contributed by atoms with van der Waals surface area (Å²) in [4.78, 5) is 2.38. The number of hydrogen-bond acceptors (Lipinski definition) is 3. The molecular formula is C22H30ClNO2. The molecule has 3 nitrogen and oxygen atoms in total. The van der Waals surface area contributed by atoms with E-state index in [-0.39, 0.29) is 12.4 Å². The SMILES string of the molecule is CN1[C@@H](C[C@@H](O)c2ccccc2)CCC[C@H]1C[C@H](O)c1ccccc1.Cl. The highest BCUT2D eigenvalue weighted by Crippen LogP contribution is 2.32. The molecule has 1 aliphatic rings. The van der Waals surface area contributed by atoms with E-state index in [1.165, 1.54) is 0 Å². The van der Waals surface area contributed by atoms with Gasteiger partial charge in [-0.25, -0.2) is 0 Å². The first kappa shape index (κ1) is 20.9. The average molecular weight is 376 g/mol. The van der Waals surface area contributed by atoms with Crippen LogP contribution in [0.25, 0.3) is 0 Å². The number of piperidine rings is 1. The first-order chi connectivity index (χ1) is 12.1. The van der Waals surface area contributed by atoms with E-state index in [0.717, 1.165) is 43.2 Å². The maximum Gasteiger partial charge on any atom is 0.0805 e. The number of aliphatic hydroxyl groups excluding tert-OH is 2. The summed E-state index contributed by atoms with van der Waals surface area (Å²) >= 11 is 0. The van der Waals surface area contributed by atoms with Gasteiger partial charge in [-0.15, -0.1) is 12.4 Å². The largest absolute Gasteiger partial charge is 0.388 e. The second-order valence-corrected chi connectivity index (χ2v) is 7.23. The van der Waals surface area contributed by atoms with E-state index in [4.69, 9.17) is 0 Å². The van der Waals surface area contributed by atoms with Gasteiger partial charge in [-0.05, 0) is 43.9 Å². The van der Waals surface area contributed by atoms with Gasteiger partial charge in [0.1, 0.15) is 0 Å². The first-order valence-corrected chi connectivity index (χ1v) is 9.33. The van der Waals surface area contributed by atoms with Gasteiger partial charge < -0.3 is 15.1 Å². The summed E-state index contributed by atoms with van der Waals surface area (Å²) in [5.41, 5.74) is 1.98. The molecule has 4 heteroatoms. The molecule has 0 spiro atoms. The van der Waals surface area contributed by atoms with Gasteiger partial charge in [0.15, 0.2) is 0 Å². The molecule has 3 rings (SSSR count). The first-order valence-electron chi connectivity index (χ1n) is 9.33. The zero-order valence-electron chi connectivity index (χ0n) is 15.4. The van der Waals surface area contributed by atoms with Gasteiger partial charge in [0.05, 0.1) is 12.2 Å². The molecule has 1 fully saturated rings. The Morgan fingerprint density at radius 3 is 1.58 bits per heavy atom. The van der Waals surface area contributed by atoms with E-state index in [2.05, 4.69) is 11.9 Å². The van der Waals surface area contributed by atoms with E-state index >= 15 is 0 Å². The minimum absolute atomic E-state index is 0. The lowest BCUT2D eigenvalue weighted by Crippen LogP contribution is -2.45. The van der Waals surface area contributed by atoms with Crippen LogP contribution in [0.15, 0.2) is 60.7 Å². The third kappa shape index (κ3) is 5.31. The Balaban J connectivity index is 0.00000243. The summed E-state index contributed by atoms with van der Waals surface area (Å²) in [5, 5.41) is 21.1. The van der Waals surface area contributed by atoms with E-state index in [9.17, 15) is 10.2 Å². The molecule has 2 N–H and O–H groups in total. The number of likely N-dealkylation sites (tertiary alicyclic amines) is 1. The van der Waals surface area contributed by atoms with Crippen molar-refractivity contribution in [2.45, 2.75) is 56.4 Å². The van der Waals surface area contributed by atoms with Gasteiger partial charge in [-0.2, -0.15) is 0 Å². The second-order valence-electron chi connectivity index (χ2n) is 7.23. The maximum absolute atomic E-state index is 10.6. The lowest BCUT2D eigenvalue weighted by molar-refractivity contribution is 0.0350. The summed E-state index contributed by atoms with van der Waals surface area (Å²) in [7, 11) is 2.14. The van der Waals surface area contributed by atoms with Crippen molar-refractivity contribution >= 4 is 12.4 Å². The normalized spacial score (nSPS) is 23.0. The fourth-order valence-electron chi connectivity index (χ4n) is 4.00. The van der Waals surface area contributed by atoms with Crippen molar-refractivity contribution in [1.29, 1.82) is 0 Å². The quantitative estimate of drug-likeness (QED) is 0.780. The highest BCUT2D eigenvalue weighted by atomic mass is 35.5. The molecule has 0 radical (unpaired) electrons. The van der Waals surface area contributed by atoms with Crippen LogP contribution in [0.1, 0.15) is 55.4 Å². The number of nitrogens with zero attached hydrogens (tertiary/aromatic N) is 1. The highest BCUT2D eigenvalue weighted by Gasteiger charge is 2.30. The van der Waals surface area contributed by atoms with Crippen LogP contribution < -0.4 is 0 Å². The molecule has 0 bridgehead atoms. The predicted octanol–water partition coefficient (Wildman–Crippen LogP) is 4.51. The summed E-state index contributed by atoms with van der Waals surface area (Å²) in [5.74, 6) is 0. The molecular weight excluding hydrogens is 346 g/mol. The summed E-state index contributed by atoms with van der Waals surface area (Å²) in [6.07, 6.45) is 4.02. The van der Waals surface area contributed by atoms with Crippen LogP contribution in [0.5, 0.6) is 0 Å². The molecule has 2 aromatic rings. The second kappa shape index (κ2) is 10.1. The van der Waals surface area contributed by atoms with Crippen molar-refractivity contribution in [2.75, 3.05) is 7.05 Å². The van der Waals surface area contributed by atoms with Crippen LogP contribution in [-0.2, 0) is 0 Å². The van der Waals surface area contributed by atoms with Crippen LogP contribution >= 0.6 is 12.4 Å². The number of rotatable bonds is 6. The molecule has 1 aliphatic heterocycles. The van der Waals surface area contributed by atoms with Crippen molar-refractivity contribution in [3.63, 3.8) is 0 Å². The molecule has 0 aromatic heterocycles. The summed E-state index contributed by atoms with van der Waals surface area (Å²) in [6.45, 7) is 0. The zero-order chi connectivity index (χ0) is 17.6. The molecule has 1 saturated heterocycles. The van der Waals surface area contributed by atoms with Gasteiger partial charge >= 0.3 is 0 Å². The highest BCUT2D eigenvalue weighted by molar-refractivity contribution is 5.85. The Bertz CT molecular complexity index is 582. The Morgan fingerprint density at radius 2 is 1.19 bits per heavy atom. The fraction of sp³-hybridized carbons (Fsp3) is 0.455. The van der Waals surface area contributed by atoms with Crippen molar-refractivity contribution in [3.8, 4) is 0 Å². The molecule has 0 amide bonds. The number of benzene rings is 2. The monoisotopic (exact) mass is 375 g/mol. The number of halogens is 1. The fourth-order valence-corrected chi connectivity index (χ4v) is 4.00. The van der Waals surface area contributed by atoms with Crippen LogP contribution in [0, 0.1) is 0 Å². The Morgan fingerprint density at radius 1 is 0.808 bits per heavy atom. The van der Waals surface area contributed by atoms with Crippen molar-refractivity contribution in [3.05, 3.63) is 71.8 Å². The van der Waals surface area contributed by atoms with Crippen molar-refractivity contribution in [1.82, 2.24) is 4.90 Å². The molecule has 0 unspecified atom stereocenters. The van der Waals surface area contributed by atoms with Crippen LogP contribution in [0.2, 0.25) is 0 Å². The molecule has 26 heavy (non-hydrogen) atoms. The van der Waals surface area contributed by atoms with Crippen LogP contribution in [0.3, 0.4) is 0 Å². The van der Waals surface area contributed by atoms with E-state index in [1.54, 1.807) is 0 Å². The molecule has 0 saturated carbocycles. The van der Waals surface area contributed by atoms with Gasteiger partial charge in [0, 0.05) is 12.1 Å². The van der Waals surface area contributed by atoms with Crippen molar-refractivity contribution in [2.24, 2.45) is 0 Å². The van der Waals surface area contributed by atoms with Gasteiger partial charge in [0.2, 0.25) is 0 Å². The lowest BCUT2D eigenvalue weighted by Gasteiger charge is -2.41. The molecule has 142 valence electrons. The minimum atomic E-state index is -0.425. The zero-order valence-corrected chi connectivity index (χ0v) is 16.2. The third-order valence-corrected chi connectivity index (χ3v) is 5.59. The van der Waals surface area contributed by atoms with E-state index in [0.29, 0.717) is 12.1 Å². The average Bonchev–Trinajstić information content (AvgIpc) is 2.66. The molecule has 2 aromatic carbocycles. The van der Waals surface area contributed by atoms with Crippen molar-refractivity contribution < 1.29 is 10.2 Å². The van der Waals surface area contributed by atoms with Crippen LogP contribution in [-0.4, -0.2) is 34.2 Å². The Labute approximate surface area is 163 Å². The van der Waals surface area contributed by atoms with Gasteiger partial charge in [-0.1, -0.05) is 67.1 Å². The molecule has 0 aliphatic carbocycles. The minimum Gasteiger partial charge on any atom is -0.388 e. The third-order valence-electron chi connectivity index (χ3n) is 5.59. The van der Waals surface area contributed by atoms with Gasteiger partial charge in [-0.3, -0.25) is 0 Å². The maximum atomic E-state index is 10.6. The predicted molar refractivity (Wildman–Crippen MR) is 108 cm³/mol. The standard InChI is InChI=1S/C22H29NO2.ClH/c1-23-19(15-21(24)17-9-4-2-5-10-17)13-8-14-20(23)16-22(25)18-11-6-3-7-12-18;/h2-7,9-12,19-22,24-25H,8,13-16H2,1H3;1H/t19-,20+,21-,22+;. The van der Waals surface area contributed by atoms with Crippen LogP contribution in [0.4, 0.5) is 0 Å². The number of hydrogen-bond donors (Lipinski definition) is 2. The topological polar surface area (TPSA) is 43.7 Å². The molecule has 4 atom stereocenters. The Hall–Kier alpha value is -1.39. The smallest absolute Gasteiger partial charge is 0.0805 e.